The Hall–Kier alpha value is -1.62. The largest absolute Gasteiger partial charge is 0.469 e. The highest BCUT2D eigenvalue weighted by Gasteiger charge is 2.27. The number of hydrogen-bond donors (Lipinski definition) is 0. The molecule has 0 spiro atoms. The molecular weight excluding hydrogens is 268 g/mol. The van der Waals surface area contributed by atoms with E-state index in [9.17, 15) is 4.79 Å². The smallest absolute Gasteiger partial charge is 0.306 e. The fourth-order valence-corrected chi connectivity index (χ4v) is 2.58. The van der Waals surface area contributed by atoms with Crippen LogP contribution in [-0.4, -0.2) is 43.4 Å². The molecule has 2 heterocycles. The maximum atomic E-state index is 11.4. The fraction of sp³-hybridized carbons (Fsp3) is 0.625. The first-order chi connectivity index (χ1) is 9.91. The SMILES string of the molecule is COC(=O)C[C@H](C)c1cncc(N2CCOC(C)(C)C2)c1. The number of rotatable bonds is 4. The third-order valence-corrected chi connectivity index (χ3v) is 3.81. The van der Waals surface area contributed by atoms with Crippen LogP contribution in [0.5, 0.6) is 0 Å². The Balaban J connectivity index is 2.12. The zero-order valence-electron chi connectivity index (χ0n) is 13.3. The molecule has 1 aliphatic rings. The normalized spacial score (nSPS) is 19.1. The molecule has 1 aromatic rings. The minimum absolute atomic E-state index is 0.0963. The summed E-state index contributed by atoms with van der Waals surface area (Å²) in [5.41, 5.74) is 1.99. The number of hydrogen-bond acceptors (Lipinski definition) is 5. The van der Waals surface area contributed by atoms with Gasteiger partial charge in [-0.15, -0.1) is 0 Å². The summed E-state index contributed by atoms with van der Waals surface area (Å²) in [4.78, 5) is 18.0. The van der Waals surface area contributed by atoms with Gasteiger partial charge in [0.1, 0.15) is 0 Å². The van der Waals surface area contributed by atoms with Gasteiger partial charge in [-0.2, -0.15) is 0 Å². The molecule has 1 aromatic heterocycles. The third-order valence-electron chi connectivity index (χ3n) is 3.81. The minimum Gasteiger partial charge on any atom is -0.469 e. The first kappa shape index (κ1) is 15.8. The molecule has 0 bridgehead atoms. The molecule has 21 heavy (non-hydrogen) atoms. The average molecular weight is 292 g/mol. The monoisotopic (exact) mass is 292 g/mol. The summed E-state index contributed by atoms with van der Waals surface area (Å²) in [7, 11) is 1.42. The first-order valence-corrected chi connectivity index (χ1v) is 7.32. The van der Waals surface area contributed by atoms with Crippen molar-refractivity contribution in [3.8, 4) is 0 Å². The van der Waals surface area contributed by atoms with Gasteiger partial charge in [0.2, 0.25) is 0 Å². The summed E-state index contributed by atoms with van der Waals surface area (Å²) in [5, 5.41) is 0. The van der Waals surface area contributed by atoms with Crippen LogP contribution in [0.25, 0.3) is 0 Å². The van der Waals surface area contributed by atoms with Crippen LogP contribution in [-0.2, 0) is 14.3 Å². The molecule has 0 radical (unpaired) electrons. The van der Waals surface area contributed by atoms with E-state index in [1.165, 1.54) is 7.11 Å². The standard InChI is InChI=1S/C16H24N2O3/c1-12(7-15(19)20-4)13-8-14(10-17-9-13)18-5-6-21-16(2,3)11-18/h8-10,12H,5-7,11H2,1-4H3/t12-/m0/s1. The van der Waals surface area contributed by atoms with Gasteiger partial charge in [-0.3, -0.25) is 9.78 Å². The van der Waals surface area contributed by atoms with E-state index < -0.39 is 0 Å². The van der Waals surface area contributed by atoms with E-state index in [1.54, 1.807) is 0 Å². The Morgan fingerprint density at radius 2 is 2.29 bits per heavy atom. The Labute approximate surface area is 126 Å². The summed E-state index contributed by atoms with van der Waals surface area (Å²) in [6.07, 6.45) is 4.06. The molecule has 0 aliphatic carbocycles. The quantitative estimate of drug-likeness (QED) is 0.797. The number of anilines is 1. The van der Waals surface area contributed by atoms with E-state index in [1.807, 2.05) is 19.3 Å². The van der Waals surface area contributed by atoms with Crippen LogP contribution in [0.2, 0.25) is 0 Å². The Bertz CT molecular complexity index is 502. The lowest BCUT2D eigenvalue weighted by Gasteiger charge is -2.39. The van der Waals surface area contributed by atoms with Gasteiger partial charge in [0, 0.05) is 19.3 Å². The van der Waals surface area contributed by atoms with Gasteiger partial charge < -0.3 is 14.4 Å². The maximum Gasteiger partial charge on any atom is 0.306 e. The van der Waals surface area contributed by atoms with Gasteiger partial charge >= 0.3 is 5.97 Å². The van der Waals surface area contributed by atoms with Gasteiger partial charge in [-0.05, 0) is 31.4 Å². The lowest BCUT2D eigenvalue weighted by atomic mass is 9.99. The van der Waals surface area contributed by atoms with Crippen molar-refractivity contribution in [2.75, 3.05) is 31.7 Å². The zero-order valence-corrected chi connectivity index (χ0v) is 13.3. The number of carbonyl (C=O) groups excluding carboxylic acids is 1. The number of ether oxygens (including phenoxy) is 2. The van der Waals surface area contributed by atoms with Crippen LogP contribution in [0.4, 0.5) is 5.69 Å². The summed E-state index contributed by atoms with van der Waals surface area (Å²) in [6, 6.07) is 2.11. The average Bonchev–Trinajstić information content (AvgIpc) is 2.46. The Kier molecular flexibility index (Phi) is 4.83. The van der Waals surface area contributed by atoms with Gasteiger partial charge in [-0.1, -0.05) is 6.92 Å². The molecule has 2 rings (SSSR count). The molecule has 0 amide bonds. The van der Waals surface area contributed by atoms with Crippen LogP contribution >= 0.6 is 0 Å². The predicted molar refractivity (Wildman–Crippen MR) is 81.5 cm³/mol. The van der Waals surface area contributed by atoms with Crippen molar-refractivity contribution < 1.29 is 14.3 Å². The number of nitrogens with zero attached hydrogens (tertiary/aromatic N) is 2. The molecule has 5 nitrogen and oxygen atoms in total. The predicted octanol–water partition coefficient (Wildman–Crippen LogP) is 2.36. The van der Waals surface area contributed by atoms with Crippen LogP contribution in [0, 0.1) is 0 Å². The van der Waals surface area contributed by atoms with Gasteiger partial charge in [-0.25, -0.2) is 0 Å². The van der Waals surface area contributed by atoms with Crippen molar-refractivity contribution >= 4 is 11.7 Å². The van der Waals surface area contributed by atoms with Gasteiger partial charge in [0.15, 0.2) is 0 Å². The number of morpholine rings is 1. The van der Waals surface area contributed by atoms with E-state index in [2.05, 4.69) is 29.8 Å². The second-order valence-corrected chi connectivity index (χ2v) is 6.19. The molecule has 1 atom stereocenters. The molecule has 5 heteroatoms. The summed E-state index contributed by atoms with van der Waals surface area (Å²) in [6.45, 7) is 8.62. The highest BCUT2D eigenvalue weighted by molar-refractivity contribution is 5.70. The highest BCUT2D eigenvalue weighted by Crippen LogP contribution is 2.26. The van der Waals surface area contributed by atoms with E-state index in [0.717, 1.165) is 30.9 Å². The number of esters is 1. The maximum absolute atomic E-state index is 11.4. The Morgan fingerprint density at radius 1 is 1.52 bits per heavy atom. The van der Waals surface area contributed by atoms with Crippen LogP contribution in [0.3, 0.4) is 0 Å². The molecule has 1 aliphatic heterocycles. The van der Waals surface area contributed by atoms with Crippen LogP contribution in [0.1, 0.15) is 38.7 Å². The van der Waals surface area contributed by atoms with Crippen molar-refractivity contribution in [3.05, 3.63) is 24.0 Å². The van der Waals surface area contributed by atoms with Crippen molar-refractivity contribution in [1.29, 1.82) is 0 Å². The first-order valence-electron chi connectivity index (χ1n) is 7.32. The minimum atomic E-state index is -0.194. The Morgan fingerprint density at radius 3 is 2.95 bits per heavy atom. The van der Waals surface area contributed by atoms with Gasteiger partial charge in [0.25, 0.3) is 0 Å². The lowest BCUT2D eigenvalue weighted by molar-refractivity contribution is -0.140. The molecule has 0 N–H and O–H groups in total. The lowest BCUT2D eigenvalue weighted by Crippen LogP contribution is -2.48. The third kappa shape index (κ3) is 4.17. The van der Waals surface area contributed by atoms with Gasteiger partial charge in [0.05, 0.1) is 37.6 Å². The molecule has 1 fully saturated rings. The second kappa shape index (κ2) is 6.43. The summed E-state index contributed by atoms with van der Waals surface area (Å²) < 4.78 is 10.5. The number of methoxy groups -OCH3 is 1. The summed E-state index contributed by atoms with van der Waals surface area (Å²) >= 11 is 0. The molecular formula is C16H24N2O3. The van der Waals surface area contributed by atoms with E-state index in [4.69, 9.17) is 9.47 Å². The van der Waals surface area contributed by atoms with Crippen molar-refractivity contribution in [2.24, 2.45) is 0 Å². The van der Waals surface area contributed by atoms with Crippen LogP contribution < -0.4 is 4.90 Å². The highest BCUT2D eigenvalue weighted by atomic mass is 16.5. The number of aromatic nitrogens is 1. The topological polar surface area (TPSA) is 51.7 Å². The molecule has 1 saturated heterocycles. The van der Waals surface area contributed by atoms with Crippen molar-refractivity contribution in [1.82, 2.24) is 4.98 Å². The number of pyridine rings is 1. The van der Waals surface area contributed by atoms with Crippen molar-refractivity contribution in [3.63, 3.8) is 0 Å². The van der Waals surface area contributed by atoms with E-state index in [-0.39, 0.29) is 17.5 Å². The van der Waals surface area contributed by atoms with Crippen molar-refractivity contribution in [2.45, 2.75) is 38.7 Å². The summed E-state index contributed by atoms with van der Waals surface area (Å²) in [5.74, 6) is -0.0978. The zero-order chi connectivity index (χ0) is 15.5. The number of carbonyl (C=O) groups is 1. The van der Waals surface area contributed by atoms with E-state index in [0.29, 0.717) is 6.42 Å². The van der Waals surface area contributed by atoms with Crippen LogP contribution in [0.15, 0.2) is 18.5 Å². The fourth-order valence-electron chi connectivity index (χ4n) is 2.58. The molecule has 0 unspecified atom stereocenters. The van der Waals surface area contributed by atoms with E-state index >= 15 is 0 Å². The molecule has 116 valence electrons. The second-order valence-electron chi connectivity index (χ2n) is 6.19. The molecule has 0 aromatic carbocycles. The molecule has 0 saturated carbocycles.